The number of aryl methyl sites for hydroxylation is 3. The average molecular weight is 811 g/mol. The molecule has 3 atom stereocenters. The summed E-state index contributed by atoms with van der Waals surface area (Å²) in [7, 11) is 0. The molecule has 9 rings (SSSR count). The van der Waals surface area contributed by atoms with Crippen LogP contribution in [0.2, 0.25) is 0 Å². The number of carbonyl (C=O) groups is 3. The second-order valence-electron chi connectivity index (χ2n) is 14.8. The van der Waals surface area contributed by atoms with Gasteiger partial charge in [0.2, 0.25) is 0 Å². The van der Waals surface area contributed by atoms with Gasteiger partial charge >= 0.3 is 0 Å². The first-order chi connectivity index (χ1) is 28.7. The Balaban J connectivity index is 0.000000136. The zero-order valence-corrected chi connectivity index (χ0v) is 32.9. The third kappa shape index (κ3) is 8.39. The van der Waals surface area contributed by atoms with Crippen molar-refractivity contribution in [1.82, 2.24) is 0 Å². The van der Waals surface area contributed by atoms with E-state index >= 15 is 0 Å². The van der Waals surface area contributed by atoms with E-state index in [1.807, 2.05) is 18.2 Å². The van der Waals surface area contributed by atoms with Crippen LogP contribution in [0.1, 0.15) is 102 Å². The van der Waals surface area contributed by atoms with E-state index in [0.717, 1.165) is 33.4 Å². The minimum Gasteiger partial charge on any atom is -0.508 e. The molecule has 0 spiro atoms. The fraction of sp³-hybridized carbons (Fsp3) is 0.188. The van der Waals surface area contributed by atoms with Crippen LogP contribution in [0.3, 0.4) is 0 Å². The highest BCUT2D eigenvalue weighted by Crippen LogP contribution is 2.42. The topological polar surface area (TPSA) is 200 Å². The summed E-state index contributed by atoms with van der Waals surface area (Å²) in [5, 5.41) is 58.4. The lowest BCUT2D eigenvalue weighted by atomic mass is 9.95. The Hall–Kier alpha value is -7.47. The Labute approximate surface area is 345 Å². The minimum absolute atomic E-state index is 0.0577. The molecule has 0 aliphatic carbocycles. The van der Waals surface area contributed by atoms with Crippen LogP contribution in [-0.2, 0) is 0 Å². The summed E-state index contributed by atoms with van der Waals surface area (Å²) in [6.45, 7) is 5.41. The standard InChI is InChI=1S/3C16H14O4/c3*1-9-5-6-10(7-12(9)18)15-8-13(19)16-11(17)3-2-4-14(16)20-15/h3*2-7,15,17-18H,8H2,1H3/t2*15-;/m10./s1. The predicted molar refractivity (Wildman–Crippen MR) is 220 cm³/mol. The number of carbonyl (C=O) groups excluding carboxylic acids is 3. The maximum Gasteiger partial charge on any atom is 0.174 e. The molecular weight excluding hydrogens is 769 g/mol. The Kier molecular flexibility index (Phi) is 11.4. The van der Waals surface area contributed by atoms with Gasteiger partial charge < -0.3 is 44.8 Å². The van der Waals surface area contributed by atoms with E-state index in [1.54, 1.807) is 93.6 Å². The molecule has 6 aromatic carbocycles. The van der Waals surface area contributed by atoms with Crippen LogP contribution < -0.4 is 14.2 Å². The molecule has 12 nitrogen and oxygen atoms in total. The van der Waals surface area contributed by atoms with E-state index in [2.05, 4.69) is 0 Å². The molecule has 0 amide bonds. The molecule has 0 saturated carbocycles. The van der Waals surface area contributed by atoms with Gasteiger partial charge in [-0.2, -0.15) is 0 Å². The third-order valence-electron chi connectivity index (χ3n) is 10.6. The van der Waals surface area contributed by atoms with Crippen LogP contribution >= 0.6 is 0 Å². The van der Waals surface area contributed by atoms with Crippen molar-refractivity contribution in [3.8, 4) is 51.7 Å². The van der Waals surface area contributed by atoms with Gasteiger partial charge in [-0.1, -0.05) is 54.6 Å². The van der Waals surface area contributed by atoms with E-state index in [-0.39, 0.29) is 87.8 Å². The summed E-state index contributed by atoms with van der Waals surface area (Å²) in [6, 6.07) is 30.0. The first kappa shape index (κ1) is 40.7. The highest BCUT2D eigenvalue weighted by Gasteiger charge is 2.32. The first-order valence-electron chi connectivity index (χ1n) is 19.1. The van der Waals surface area contributed by atoms with Gasteiger partial charge in [-0.3, -0.25) is 14.4 Å². The number of aromatic hydroxyl groups is 6. The fourth-order valence-corrected chi connectivity index (χ4v) is 7.13. The number of ketones is 3. The summed E-state index contributed by atoms with van der Waals surface area (Å²) < 4.78 is 17.3. The number of fused-ring (bicyclic) bond motifs is 3. The number of phenols is 6. The summed E-state index contributed by atoms with van der Waals surface area (Å²) in [6.07, 6.45) is -0.886. The van der Waals surface area contributed by atoms with E-state index in [1.165, 1.54) is 18.2 Å². The lowest BCUT2D eigenvalue weighted by Gasteiger charge is -2.26. The molecule has 1 unspecified atom stereocenters. The molecule has 3 aliphatic rings. The lowest BCUT2D eigenvalue weighted by Crippen LogP contribution is -2.20. The maximum absolute atomic E-state index is 12.1. The van der Waals surface area contributed by atoms with Crippen LogP contribution in [0.4, 0.5) is 0 Å². The Bertz CT molecular complexity index is 2360. The van der Waals surface area contributed by atoms with Crippen LogP contribution in [0.15, 0.2) is 109 Å². The highest BCUT2D eigenvalue weighted by molar-refractivity contribution is 6.03. The summed E-state index contributed by atoms with van der Waals surface area (Å²) in [5.41, 5.74) is 5.26. The molecule has 306 valence electrons. The Morgan fingerprint density at radius 1 is 0.383 bits per heavy atom. The number of hydrogen-bond donors (Lipinski definition) is 6. The maximum atomic E-state index is 12.1. The zero-order chi connectivity index (χ0) is 42.8. The number of rotatable bonds is 3. The van der Waals surface area contributed by atoms with E-state index in [0.29, 0.717) is 17.2 Å². The summed E-state index contributed by atoms with van der Waals surface area (Å²) >= 11 is 0. The van der Waals surface area contributed by atoms with Gasteiger partial charge in [0.25, 0.3) is 0 Å². The normalized spacial score (nSPS) is 17.4. The molecule has 60 heavy (non-hydrogen) atoms. The van der Waals surface area contributed by atoms with Gasteiger partial charge in [0, 0.05) is 0 Å². The molecule has 0 aromatic heterocycles. The average Bonchev–Trinajstić information content (AvgIpc) is 3.21. The molecule has 6 aromatic rings. The van der Waals surface area contributed by atoms with Gasteiger partial charge in [-0.25, -0.2) is 0 Å². The van der Waals surface area contributed by atoms with Crippen molar-refractivity contribution >= 4 is 17.3 Å². The van der Waals surface area contributed by atoms with Crippen molar-refractivity contribution in [3.63, 3.8) is 0 Å². The second kappa shape index (κ2) is 16.8. The Morgan fingerprint density at radius 3 is 0.900 bits per heavy atom. The first-order valence-corrected chi connectivity index (χ1v) is 19.1. The van der Waals surface area contributed by atoms with Crippen molar-refractivity contribution in [1.29, 1.82) is 0 Å². The third-order valence-corrected chi connectivity index (χ3v) is 10.6. The van der Waals surface area contributed by atoms with Gasteiger partial charge in [-0.05, 0) is 109 Å². The molecule has 0 fully saturated rings. The summed E-state index contributed by atoms with van der Waals surface area (Å²) in [5.74, 6) is 1.04. The van der Waals surface area contributed by atoms with Crippen molar-refractivity contribution in [2.45, 2.75) is 58.3 Å². The SMILES string of the molecule is Cc1ccc(C2CC(=O)c3c(O)cccc3O2)cc1O.Cc1ccc([C@@H]2CC(=O)c3c(O)cccc3O2)cc1O.Cc1ccc([C@H]2CC(=O)c3c(O)cccc3O2)cc1O. The molecule has 0 saturated heterocycles. The van der Waals surface area contributed by atoms with E-state index < -0.39 is 18.3 Å². The van der Waals surface area contributed by atoms with E-state index in [4.69, 9.17) is 14.2 Å². The zero-order valence-electron chi connectivity index (χ0n) is 32.9. The second-order valence-corrected chi connectivity index (χ2v) is 14.8. The summed E-state index contributed by atoms with van der Waals surface area (Å²) in [4.78, 5) is 36.4. The van der Waals surface area contributed by atoms with Crippen LogP contribution in [0.25, 0.3) is 0 Å². The van der Waals surface area contributed by atoms with Gasteiger partial charge in [0.05, 0.1) is 19.3 Å². The van der Waals surface area contributed by atoms with Gasteiger partial charge in [0.1, 0.15) is 86.7 Å². The monoisotopic (exact) mass is 810 g/mol. The largest absolute Gasteiger partial charge is 0.508 e. The number of benzene rings is 6. The molecule has 3 aliphatic heterocycles. The van der Waals surface area contributed by atoms with Crippen molar-refractivity contribution < 1.29 is 59.2 Å². The minimum atomic E-state index is -0.441. The quantitative estimate of drug-likeness (QED) is 0.0991. The number of hydrogen-bond acceptors (Lipinski definition) is 12. The van der Waals surface area contributed by atoms with Gasteiger partial charge in [-0.15, -0.1) is 0 Å². The smallest absolute Gasteiger partial charge is 0.174 e. The molecule has 12 heteroatoms. The molecule has 3 heterocycles. The number of phenolic OH excluding ortho intramolecular Hbond substituents is 6. The number of ether oxygens (including phenoxy) is 3. The molecule has 6 N–H and O–H groups in total. The van der Waals surface area contributed by atoms with Gasteiger partial charge in [0.15, 0.2) is 17.3 Å². The van der Waals surface area contributed by atoms with Crippen LogP contribution in [0, 0.1) is 20.8 Å². The predicted octanol–water partition coefficient (Wildman–Crippen LogP) is 9.34. The van der Waals surface area contributed by atoms with Crippen molar-refractivity contribution in [3.05, 3.63) is 159 Å². The van der Waals surface area contributed by atoms with Crippen LogP contribution in [-0.4, -0.2) is 48.0 Å². The number of Topliss-reactive ketones (excluding diaryl/α,β-unsaturated/α-hetero) is 3. The molecule has 0 radical (unpaired) electrons. The fourth-order valence-electron chi connectivity index (χ4n) is 7.13. The van der Waals surface area contributed by atoms with E-state index in [9.17, 15) is 45.0 Å². The highest BCUT2D eigenvalue weighted by atomic mass is 16.5. The molecule has 0 bridgehead atoms. The van der Waals surface area contributed by atoms with Crippen molar-refractivity contribution in [2.24, 2.45) is 0 Å². The van der Waals surface area contributed by atoms with Crippen molar-refractivity contribution in [2.75, 3.05) is 0 Å². The van der Waals surface area contributed by atoms with Crippen LogP contribution in [0.5, 0.6) is 51.7 Å². The Morgan fingerprint density at radius 2 is 0.650 bits per heavy atom. The molecular formula is C48H42O12. The lowest BCUT2D eigenvalue weighted by molar-refractivity contribution is 0.0835.